The van der Waals surface area contributed by atoms with E-state index >= 15 is 0 Å². The van der Waals surface area contributed by atoms with Crippen LogP contribution < -0.4 is 16.2 Å². The van der Waals surface area contributed by atoms with Gasteiger partial charge in [-0.05, 0) is 6.92 Å². The van der Waals surface area contributed by atoms with Crippen LogP contribution >= 0.6 is 0 Å². The number of anilines is 2. The lowest BCUT2D eigenvalue weighted by molar-refractivity contribution is 0.178. The van der Waals surface area contributed by atoms with Crippen molar-refractivity contribution < 1.29 is 9.84 Å². The van der Waals surface area contributed by atoms with Crippen molar-refractivity contribution in [3.05, 3.63) is 11.9 Å². The maximum absolute atomic E-state index is 9.12. The quantitative estimate of drug-likeness (QED) is 0.466. The molecule has 17 heavy (non-hydrogen) atoms. The van der Waals surface area contributed by atoms with E-state index < -0.39 is 0 Å². The maximum Gasteiger partial charge on any atom is 0.158 e. The average Bonchev–Trinajstić information content (AvgIpc) is 2.36. The number of methoxy groups -OCH3 is 1. The van der Waals surface area contributed by atoms with Gasteiger partial charge < -0.3 is 20.2 Å². The van der Waals surface area contributed by atoms with Crippen molar-refractivity contribution in [3.63, 3.8) is 0 Å². The molecule has 7 heteroatoms. The second-order valence-electron chi connectivity index (χ2n) is 3.75. The smallest absolute Gasteiger partial charge is 0.158 e. The number of hydrogen-bond acceptors (Lipinski definition) is 7. The number of rotatable bonds is 6. The van der Waals surface area contributed by atoms with Crippen LogP contribution in [-0.4, -0.2) is 41.9 Å². The Bertz CT molecular complexity index is 361. The molecule has 0 aliphatic carbocycles. The number of nitrogens with one attached hydrogen (secondary N) is 1. The summed E-state index contributed by atoms with van der Waals surface area (Å²) in [7, 11) is 3.42. The molecule has 96 valence electrons. The average molecular weight is 241 g/mol. The van der Waals surface area contributed by atoms with E-state index in [1.807, 2.05) is 18.9 Å². The monoisotopic (exact) mass is 241 g/mol. The SMILES string of the molecule is COCc1nc(NN)cc(N(C)C(C)CO)n1. The Morgan fingerprint density at radius 2 is 2.29 bits per heavy atom. The topological polar surface area (TPSA) is 96.5 Å². The van der Waals surface area contributed by atoms with E-state index in [0.717, 1.165) is 0 Å². The van der Waals surface area contributed by atoms with Crippen molar-refractivity contribution in [2.45, 2.75) is 19.6 Å². The predicted molar refractivity (Wildman–Crippen MR) is 65.5 cm³/mol. The fourth-order valence-electron chi connectivity index (χ4n) is 1.28. The Labute approximate surface area is 101 Å². The van der Waals surface area contributed by atoms with E-state index in [0.29, 0.717) is 24.1 Å². The number of ether oxygens (including phenoxy) is 1. The molecule has 0 amide bonds. The van der Waals surface area contributed by atoms with Gasteiger partial charge in [0, 0.05) is 20.2 Å². The number of nitrogen functional groups attached to an aromatic ring is 1. The molecule has 0 spiro atoms. The van der Waals surface area contributed by atoms with Crippen LogP contribution in [0.1, 0.15) is 12.7 Å². The minimum atomic E-state index is -0.0362. The summed E-state index contributed by atoms with van der Waals surface area (Å²) in [5.74, 6) is 7.08. The van der Waals surface area contributed by atoms with Crippen molar-refractivity contribution in [3.8, 4) is 0 Å². The van der Waals surface area contributed by atoms with Gasteiger partial charge in [0.2, 0.25) is 0 Å². The molecule has 7 nitrogen and oxygen atoms in total. The Hall–Kier alpha value is -1.44. The molecule has 1 unspecified atom stereocenters. The predicted octanol–water partition coefficient (Wildman–Crippen LogP) is -0.274. The van der Waals surface area contributed by atoms with Crippen LogP contribution in [0.15, 0.2) is 6.07 Å². The molecule has 0 aliphatic rings. The molecular formula is C10H19N5O2. The van der Waals surface area contributed by atoms with Gasteiger partial charge in [0.15, 0.2) is 5.82 Å². The molecule has 1 atom stereocenters. The second kappa shape index (κ2) is 6.33. The van der Waals surface area contributed by atoms with Gasteiger partial charge in [-0.1, -0.05) is 0 Å². The van der Waals surface area contributed by atoms with E-state index in [9.17, 15) is 0 Å². The van der Waals surface area contributed by atoms with Crippen LogP contribution in [0.3, 0.4) is 0 Å². The summed E-state index contributed by atoms with van der Waals surface area (Å²) in [6, 6.07) is 1.68. The standard InChI is InChI=1S/C10H19N5O2/c1-7(5-16)15(2)10-4-8(14-11)12-9(13-10)6-17-3/h4,7,16H,5-6,11H2,1-3H3,(H,12,13,14). The Morgan fingerprint density at radius 3 is 2.82 bits per heavy atom. The van der Waals surface area contributed by atoms with E-state index in [4.69, 9.17) is 15.7 Å². The lowest BCUT2D eigenvalue weighted by atomic mass is 10.3. The van der Waals surface area contributed by atoms with Crippen LogP contribution in [0.5, 0.6) is 0 Å². The molecule has 0 bridgehead atoms. The van der Waals surface area contributed by atoms with E-state index in [-0.39, 0.29) is 12.6 Å². The Kier molecular flexibility index (Phi) is 5.08. The summed E-state index contributed by atoms with van der Waals surface area (Å²) in [6.45, 7) is 2.25. The minimum absolute atomic E-state index is 0.0362. The summed E-state index contributed by atoms with van der Waals surface area (Å²) >= 11 is 0. The molecule has 0 fully saturated rings. The third-order valence-corrected chi connectivity index (χ3v) is 2.47. The molecule has 1 aromatic heterocycles. The van der Waals surface area contributed by atoms with Gasteiger partial charge >= 0.3 is 0 Å². The van der Waals surface area contributed by atoms with Crippen molar-refractivity contribution in [1.29, 1.82) is 0 Å². The van der Waals surface area contributed by atoms with Crippen LogP contribution in [0.2, 0.25) is 0 Å². The lowest BCUT2D eigenvalue weighted by Crippen LogP contribution is -2.33. The Morgan fingerprint density at radius 1 is 1.59 bits per heavy atom. The first-order chi connectivity index (χ1) is 8.12. The van der Waals surface area contributed by atoms with E-state index in [1.165, 1.54) is 0 Å². The molecule has 4 N–H and O–H groups in total. The summed E-state index contributed by atoms with van der Waals surface area (Å²) in [5.41, 5.74) is 2.48. The highest BCUT2D eigenvalue weighted by molar-refractivity contribution is 5.48. The fraction of sp³-hybridized carbons (Fsp3) is 0.600. The third kappa shape index (κ3) is 3.52. The highest BCUT2D eigenvalue weighted by atomic mass is 16.5. The molecule has 1 heterocycles. The molecule has 1 aromatic rings. The van der Waals surface area contributed by atoms with Gasteiger partial charge in [0.25, 0.3) is 0 Å². The summed E-state index contributed by atoms with van der Waals surface area (Å²) < 4.78 is 4.99. The highest BCUT2D eigenvalue weighted by Crippen LogP contribution is 2.16. The number of hydrazine groups is 1. The number of aromatic nitrogens is 2. The maximum atomic E-state index is 9.12. The first-order valence-electron chi connectivity index (χ1n) is 5.29. The molecule has 1 rings (SSSR count). The number of aliphatic hydroxyl groups excluding tert-OH is 1. The zero-order valence-corrected chi connectivity index (χ0v) is 10.3. The van der Waals surface area contributed by atoms with Crippen molar-refractivity contribution >= 4 is 11.6 Å². The molecule has 0 saturated heterocycles. The molecular weight excluding hydrogens is 222 g/mol. The lowest BCUT2D eigenvalue weighted by Gasteiger charge is -2.24. The second-order valence-corrected chi connectivity index (χ2v) is 3.75. The molecule has 0 radical (unpaired) electrons. The van der Waals surface area contributed by atoms with Crippen LogP contribution in [0, 0.1) is 0 Å². The van der Waals surface area contributed by atoms with Gasteiger partial charge in [0.1, 0.15) is 18.2 Å². The normalized spacial score (nSPS) is 12.3. The van der Waals surface area contributed by atoms with E-state index in [2.05, 4.69) is 15.4 Å². The van der Waals surface area contributed by atoms with Gasteiger partial charge in [-0.3, -0.25) is 0 Å². The summed E-state index contributed by atoms with van der Waals surface area (Å²) in [6.07, 6.45) is 0. The summed E-state index contributed by atoms with van der Waals surface area (Å²) in [4.78, 5) is 10.3. The first kappa shape index (κ1) is 13.6. The van der Waals surface area contributed by atoms with E-state index in [1.54, 1.807) is 13.2 Å². The third-order valence-electron chi connectivity index (χ3n) is 2.47. The van der Waals surface area contributed by atoms with Gasteiger partial charge in [-0.2, -0.15) is 0 Å². The van der Waals surface area contributed by atoms with Gasteiger partial charge in [-0.25, -0.2) is 15.8 Å². The number of nitrogens with two attached hydrogens (primary N) is 1. The molecule has 0 saturated carbocycles. The Balaban J connectivity index is 3.01. The van der Waals surface area contributed by atoms with Crippen molar-refractivity contribution in [2.75, 3.05) is 31.1 Å². The van der Waals surface area contributed by atoms with Crippen molar-refractivity contribution in [1.82, 2.24) is 9.97 Å². The van der Waals surface area contributed by atoms with Gasteiger partial charge in [-0.15, -0.1) is 0 Å². The van der Waals surface area contributed by atoms with Gasteiger partial charge in [0.05, 0.1) is 12.6 Å². The zero-order chi connectivity index (χ0) is 12.8. The number of likely N-dealkylation sites (N-methyl/N-ethyl adjacent to an activating group) is 1. The van der Waals surface area contributed by atoms with Crippen LogP contribution in [0.4, 0.5) is 11.6 Å². The van der Waals surface area contributed by atoms with Crippen LogP contribution in [-0.2, 0) is 11.3 Å². The largest absolute Gasteiger partial charge is 0.394 e. The summed E-state index contributed by atoms with van der Waals surface area (Å²) in [5, 5.41) is 9.12. The fourth-order valence-corrected chi connectivity index (χ4v) is 1.28. The van der Waals surface area contributed by atoms with Crippen LogP contribution in [0.25, 0.3) is 0 Å². The minimum Gasteiger partial charge on any atom is -0.394 e. The van der Waals surface area contributed by atoms with Crippen molar-refractivity contribution in [2.24, 2.45) is 5.84 Å². The first-order valence-corrected chi connectivity index (χ1v) is 5.29. The zero-order valence-electron chi connectivity index (χ0n) is 10.3. The number of hydrogen-bond donors (Lipinski definition) is 3. The molecule has 0 aliphatic heterocycles. The number of aliphatic hydroxyl groups is 1. The number of nitrogens with zero attached hydrogens (tertiary/aromatic N) is 3. The molecule has 0 aromatic carbocycles. The highest BCUT2D eigenvalue weighted by Gasteiger charge is 2.12.